The number of ether oxygens (including phenoxy) is 2. The molecule has 1 heterocycles. The second-order valence-corrected chi connectivity index (χ2v) is 5.86. The predicted molar refractivity (Wildman–Crippen MR) is 74.8 cm³/mol. The van der Waals surface area contributed by atoms with Crippen molar-refractivity contribution in [3.8, 4) is 0 Å². The van der Waals surface area contributed by atoms with E-state index < -0.39 is 17.4 Å². The van der Waals surface area contributed by atoms with Gasteiger partial charge in [0, 0.05) is 11.8 Å². The van der Waals surface area contributed by atoms with Crippen molar-refractivity contribution in [2.45, 2.75) is 39.7 Å². The highest BCUT2D eigenvalue weighted by atomic mass is 16.6. The van der Waals surface area contributed by atoms with Crippen LogP contribution in [0.3, 0.4) is 0 Å². The van der Waals surface area contributed by atoms with Gasteiger partial charge in [-0.15, -0.1) is 0 Å². The molecular formula is C16H22O4. The van der Waals surface area contributed by atoms with E-state index in [-0.39, 0.29) is 17.9 Å². The predicted octanol–water partition coefficient (Wildman–Crippen LogP) is 2.64. The van der Waals surface area contributed by atoms with Crippen LogP contribution in [0, 0.1) is 17.3 Å². The van der Waals surface area contributed by atoms with Crippen LogP contribution in [-0.2, 0) is 19.1 Å². The molecule has 2 aliphatic rings. The molecule has 0 radical (unpaired) electrons. The van der Waals surface area contributed by atoms with Crippen LogP contribution < -0.4 is 0 Å². The molecule has 0 bridgehead atoms. The van der Waals surface area contributed by atoms with Gasteiger partial charge in [0.05, 0.1) is 7.11 Å². The summed E-state index contributed by atoms with van der Waals surface area (Å²) < 4.78 is 10.4. The number of cyclic esters (lactones) is 1. The van der Waals surface area contributed by atoms with Crippen molar-refractivity contribution in [3.63, 3.8) is 0 Å². The van der Waals surface area contributed by atoms with Crippen LogP contribution in [0.1, 0.15) is 33.6 Å². The number of carbonyl (C=O) groups excluding carboxylic acids is 2. The van der Waals surface area contributed by atoms with Gasteiger partial charge in [0.15, 0.2) is 5.41 Å². The summed E-state index contributed by atoms with van der Waals surface area (Å²) >= 11 is 0. The zero-order chi connectivity index (χ0) is 14.9. The molecule has 20 heavy (non-hydrogen) atoms. The molecule has 1 aliphatic heterocycles. The fourth-order valence-corrected chi connectivity index (χ4v) is 3.29. The lowest BCUT2D eigenvalue weighted by atomic mass is 9.71. The molecule has 110 valence electrons. The van der Waals surface area contributed by atoms with E-state index in [9.17, 15) is 9.59 Å². The molecule has 0 aromatic rings. The standard InChI is InChI=1S/C16H22O4/c1-10(2)6-5-7-13-12-9-8-11(3)16(12,14(17)19-4)15(18)20-13/h6,8-9,11-13H,5,7H2,1-4H3/t11-,12+,13+,16+/m1/s1. The van der Waals surface area contributed by atoms with E-state index in [0.29, 0.717) is 0 Å². The minimum absolute atomic E-state index is 0.180. The fraction of sp³-hybridized carbons (Fsp3) is 0.625. The third-order valence-corrected chi connectivity index (χ3v) is 4.37. The molecule has 4 heteroatoms. The summed E-state index contributed by atoms with van der Waals surface area (Å²) in [5, 5.41) is 0. The molecule has 2 rings (SSSR count). The number of hydrogen-bond acceptors (Lipinski definition) is 4. The maximum Gasteiger partial charge on any atom is 0.325 e. The van der Waals surface area contributed by atoms with E-state index in [1.165, 1.54) is 12.7 Å². The first-order chi connectivity index (χ1) is 9.44. The highest BCUT2D eigenvalue weighted by molar-refractivity contribution is 6.03. The topological polar surface area (TPSA) is 52.6 Å². The Labute approximate surface area is 119 Å². The van der Waals surface area contributed by atoms with Crippen molar-refractivity contribution >= 4 is 11.9 Å². The first kappa shape index (κ1) is 14.8. The van der Waals surface area contributed by atoms with Gasteiger partial charge in [-0.1, -0.05) is 30.7 Å². The Morgan fingerprint density at radius 1 is 1.45 bits per heavy atom. The minimum Gasteiger partial charge on any atom is -0.468 e. The Bertz CT molecular complexity index is 473. The van der Waals surface area contributed by atoms with Crippen molar-refractivity contribution in [3.05, 3.63) is 23.8 Å². The Balaban J connectivity index is 2.22. The zero-order valence-electron chi connectivity index (χ0n) is 12.5. The van der Waals surface area contributed by atoms with Gasteiger partial charge in [0.25, 0.3) is 0 Å². The van der Waals surface area contributed by atoms with E-state index in [1.54, 1.807) is 0 Å². The van der Waals surface area contributed by atoms with Crippen LogP contribution in [0.4, 0.5) is 0 Å². The van der Waals surface area contributed by atoms with Gasteiger partial charge >= 0.3 is 11.9 Å². The number of methoxy groups -OCH3 is 1. The van der Waals surface area contributed by atoms with Gasteiger partial charge in [-0.3, -0.25) is 9.59 Å². The lowest BCUT2D eigenvalue weighted by molar-refractivity contribution is -0.166. The second kappa shape index (κ2) is 5.43. The van der Waals surface area contributed by atoms with Crippen molar-refractivity contribution in [1.82, 2.24) is 0 Å². The van der Waals surface area contributed by atoms with Crippen LogP contribution in [0.5, 0.6) is 0 Å². The molecule has 0 aromatic carbocycles. The van der Waals surface area contributed by atoms with Gasteiger partial charge in [-0.05, 0) is 26.7 Å². The van der Waals surface area contributed by atoms with Crippen LogP contribution >= 0.6 is 0 Å². The molecule has 0 amide bonds. The van der Waals surface area contributed by atoms with Gasteiger partial charge in [-0.2, -0.15) is 0 Å². The largest absolute Gasteiger partial charge is 0.468 e. The maximum atomic E-state index is 12.3. The van der Waals surface area contributed by atoms with Crippen molar-refractivity contribution < 1.29 is 19.1 Å². The summed E-state index contributed by atoms with van der Waals surface area (Å²) in [4.78, 5) is 24.5. The van der Waals surface area contributed by atoms with E-state index in [0.717, 1.165) is 12.8 Å². The summed E-state index contributed by atoms with van der Waals surface area (Å²) in [6, 6.07) is 0. The smallest absolute Gasteiger partial charge is 0.325 e. The quantitative estimate of drug-likeness (QED) is 0.450. The van der Waals surface area contributed by atoms with Crippen LogP contribution in [0.25, 0.3) is 0 Å². The molecule has 0 spiro atoms. The van der Waals surface area contributed by atoms with Crippen LogP contribution in [0.15, 0.2) is 23.8 Å². The Hall–Kier alpha value is -1.58. The number of allylic oxidation sites excluding steroid dienone is 3. The lowest BCUT2D eigenvalue weighted by Gasteiger charge is -2.26. The Morgan fingerprint density at radius 2 is 2.15 bits per heavy atom. The van der Waals surface area contributed by atoms with E-state index in [2.05, 4.69) is 6.08 Å². The molecule has 1 saturated heterocycles. The van der Waals surface area contributed by atoms with Crippen LogP contribution in [0.2, 0.25) is 0 Å². The lowest BCUT2D eigenvalue weighted by Crippen LogP contribution is -2.44. The number of esters is 2. The Kier molecular flexibility index (Phi) is 4.02. The zero-order valence-corrected chi connectivity index (χ0v) is 12.5. The van der Waals surface area contributed by atoms with E-state index in [4.69, 9.17) is 9.47 Å². The Morgan fingerprint density at radius 3 is 2.75 bits per heavy atom. The molecule has 0 saturated carbocycles. The first-order valence-electron chi connectivity index (χ1n) is 7.05. The molecule has 0 N–H and O–H groups in total. The highest BCUT2D eigenvalue weighted by Gasteiger charge is 2.66. The summed E-state index contributed by atoms with van der Waals surface area (Å²) in [7, 11) is 1.32. The van der Waals surface area contributed by atoms with Crippen molar-refractivity contribution in [2.24, 2.45) is 17.3 Å². The number of fused-ring (bicyclic) bond motifs is 1. The second-order valence-electron chi connectivity index (χ2n) is 5.86. The highest BCUT2D eigenvalue weighted by Crippen LogP contribution is 2.52. The third-order valence-electron chi connectivity index (χ3n) is 4.37. The van der Waals surface area contributed by atoms with Gasteiger partial charge < -0.3 is 9.47 Å². The number of rotatable bonds is 4. The first-order valence-corrected chi connectivity index (χ1v) is 7.05. The van der Waals surface area contributed by atoms with Gasteiger partial charge in [-0.25, -0.2) is 0 Å². The number of carbonyl (C=O) groups is 2. The molecular weight excluding hydrogens is 256 g/mol. The van der Waals surface area contributed by atoms with Gasteiger partial charge in [0.1, 0.15) is 6.10 Å². The average Bonchev–Trinajstić information content (AvgIpc) is 2.87. The monoisotopic (exact) mass is 278 g/mol. The van der Waals surface area contributed by atoms with Crippen molar-refractivity contribution in [2.75, 3.05) is 7.11 Å². The SMILES string of the molecule is COC(=O)[C@@]12C(=O)O[C@@H](CCC=C(C)C)[C@@H]1C=C[C@H]2C. The van der Waals surface area contributed by atoms with E-state index in [1.807, 2.05) is 32.9 Å². The average molecular weight is 278 g/mol. The molecule has 4 nitrogen and oxygen atoms in total. The minimum atomic E-state index is -1.16. The summed E-state index contributed by atoms with van der Waals surface area (Å²) in [5.41, 5.74) is 0.0774. The van der Waals surface area contributed by atoms with Crippen LogP contribution in [-0.4, -0.2) is 25.2 Å². The normalized spacial score (nSPS) is 34.6. The molecule has 0 unspecified atom stereocenters. The number of hydrogen-bond donors (Lipinski definition) is 0. The molecule has 1 aliphatic carbocycles. The summed E-state index contributed by atoms with van der Waals surface area (Å²) in [5.74, 6) is -1.30. The fourth-order valence-electron chi connectivity index (χ4n) is 3.29. The molecule has 4 atom stereocenters. The third kappa shape index (κ3) is 2.07. The molecule has 0 aromatic heterocycles. The summed E-state index contributed by atoms with van der Waals surface area (Å²) in [6.45, 7) is 5.95. The maximum absolute atomic E-state index is 12.3. The summed E-state index contributed by atoms with van der Waals surface area (Å²) in [6.07, 6.45) is 7.33. The molecule has 1 fully saturated rings. The van der Waals surface area contributed by atoms with Gasteiger partial charge in [0.2, 0.25) is 0 Å². The van der Waals surface area contributed by atoms with Crippen molar-refractivity contribution in [1.29, 1.82) is 0 Å². The van der Waals surface area contributed by atoms with E-state index >= 15 is 0 Å².